The summed E-state index contributed by atoms with van der Waals surface area (Å²) in [6.07, 6.45) is 6.00. The van der Waals surface area contributed by atoms with E-state index in [0.717, 1.165) is 67.3 Å². The molecule has 3 aromatic rings. The van der Waals surface area contributed by atoms with Crippen molar-refractivity contribution >= 4 is 22.7 Å². The maximum Gasteiger partial charge on any atom is 0.205 e. The minimum absolute atomic E-state index is 0.649. The average molecular weight is 368 g/mol. The number of aromatic amines is 1. The molecule has 8 nitrogen and oxygen atoms in total. The number of hydrogen-bond donors (Lipinski definition) is 2. The molecule has 1 aliphatic heterocycles. The molecule has 0 spiro atoms. The first-order valence-electron chi connectivity index (χ1n) is 9.24. The lowest BCUT2D eigenvalue weighted by Crippen LogP contribution is -2.37. The summed E-state index contributed by atoms with van der Waals surface area (Å²) in [5, 5.41) is 4.13. The van der Waals surface area contributed by atoms with Crippen LogP contribution in [0.5, 0.6) is 5.75 Å². The van der Waals surface area contributed by atoms with Gasteiger partial charge in [-0.25, -0.2) is 15.0 Å². The van der Waals surface area contributed by atoms with Gasteiger partial charge >= 0.3 is 0 Å². The highest BCUT2D eigenvalue weighted by Gasteiger charge is 2.11. The van der Waals surface area contributed by atoms with Crippen LogP contribution >= 0.6 is 0 Å². The van der Waals surface area contributed by atoms with Crippen molar-refractivity contribution in [2.45, 2.75) is 13.3 Å². The molecule has 1 fully saturated rings. The Balaban J connectivity index is 1.42. The maximum absolute atomic E-state index is 6.02. The van der Waals surface area contributed by atoms with Crippen LogP contribution in [0.4, 0.5) is 11.8 Å². The van der Waals surface area contributed by atoms with E-state index >= 15 is 0 Å². The van der Waals surface area contributed by atoms with E-state index in [1.165, 1.54) is 0 Å². The second-order valence-electron chi connectivity index (χ2n) is 6.58. The summed E-state index contributed by atoms with van der Waals surface area (Å²) in [4.78, 5) is 18.3. The molecule has 0 aliphatic carbocycles. The monoisotopic (exact) mass is 368 g/mol. The number of ether oxygens (including phenoxy) is 2. The van der Waals surface area contributed by atoms with E-state index in [9.17, 15) is 0 Å². The van der Waals surface area contributed by atoms with Crippen LogP contribution in [0, 0.1) is 6.92 Å². The van der Waals surface area contributed by atoms with Crippen molar-refractivity contribution in [2.75, 3.05) is 44.8 Å². The number of benzene rings is 1. The van der Waals surface area contributed by atoms with E-state index in [-0.39, 0.29) is 0 Å². The highest BCUT2D eigenvalue weighted by molar-refractivity contribution is 5.91. The molecule has 0 radical (unpaired) electrons. The lowest BCUT2D eigenvalue weighted by atomic mass is 10.1. The second kappa shape index (κ2) is 8.32. The number of imidazole rings is 1. The largest absolute Gasteiger partial charge is 0.493 e. The van der Waals surface area contributed by atoms with Crippen LogP contribution in [0.2, 0.25) is 0 Å². The summed E-state index contributed by atoms with van der Waals surface area (Å²) in [6, 6.07) is 4.03. The van der Waals surface area contributed by atoms with Crippen molar-refractivity contribution in [3.8, 4) is 5.75 Å². The summed E-state index contributed by atoms with van der Waals surface area (Å²) in [5.41, 5.74) is 1.90. The first-order chi connectivity index (χ1) is 13.3. The third-order valence-corrected chi connectivity index (χ3v) is 4.65. The quantitative estimate of drug-likeness (QED) is 0.620. The minimum atomic E-state index is 0.649. The predicted molar refractivity (Wildman–Crippen MR) is 104 cm³/mol. The van der Waals surface area contributed by atoms with E-state index in [2.05, 4.69) is 36.2 Å². The molecule has 0 unspecified atom stereocenters. The van der Waals surface area contributed by atoms with Crippen LogP contribution < -0.4 is 10.1 Å². The first-order valence-corrected chi connectivity index (χ1v) is 9.24. The normalized spacial score (nSPS) is 15.1. The molecule has 1 aliphatic rings. The summed E-state index contributed by atoms with van der Waals surface area (Å²) >= 11 is 0. The molecule has 0 saturated carbocycles. The molecule has 0 bridgehead atoms. The molecule has 2 N–H and O–H groups in total. The standard InChI is InChI=1S/C19H24N6O2/c1-14-11-15-16(22-13-23-18(15)24-19-20-3-4-21-19)12-17(14)27-8-2-5-25-6-9-26-10-7-25/h3-4,11-13H,2,5-10H2,1H3,(H2,20,21,22,23,24). The lowest BCUT2D eigenvalue weighted by molar-refractivity contribution is 0.0358. The van der Waals surface area contributed by atoms with Gasteiger partial charge in [0.25, 0.3) is 0 Å². The van der Waals surface area contributed by atoms with Crippen LogP contribution in [-0.4, -0.2) is 64.3 Å². The Kier molecular flexibility index (Phi) is 5.45. The Hall–Kier alpha value is -2.71. The van der Waals surface area contributed by atoms with Crippen molar-refractivity contribution in [3.05, 3.63) is 36.4 Å². The Morgan fingerprint density at radius 1 is 1.22 bits per heavy atom. The third-order valence-electron chi connectivity index (χ3n) is 4.65. The van der Waals surface area contributed by atoms with Crippen molar-refractivity contribution in [2.24, 2.45) is 0 Å². The number of anilines is 2. The molecule has 2 aromatic heterocycles. The van der Waals surface area contributed by atoms with Crippen molar-refractivity contribution in [1.82, 2.24) is 24.8 Å². The second-order valence-corrected chi connectivity index (χ2v) is 6.58. The molecule has 0 amide bonds. The van der Waals surface area contributed by atoms with Gasteiger partial charge in [-0.1, -0.05) is 0 Å². The summed E-state index contributed by atoms with van der Waals surface area (Å²) in [7, 11) is 0. The molecule has 3 heterocycles. The van der Waals surface area contributed by atoms with E-state index in [0.29, 0.717) is 12.6 Å². The molecule has 8 heteroatoms. The van der Waals surface area contributed by atoms with Gasteiger partial charge in [-0.2, -0.15) is 0 Å². The van der Waals surface area contributed by atoms with Gasteiger partial charge in [0.2, 0.25) is 5.95 Å². The Morgan fingerprint density at radius 2 is 2.11 bits per heavy atom. The van der Waals surface area contributed by atoms with Crippen molar-refractivity contribution in [3.63, 3.8) is 0 Å². The molecule has 27 heavy (non-hydrogen) atoms. The minimum Gasteiger partial charge on any atom is -0.493 e. The van der Waals surface area contributed by atoms with Gasteiger partial charge in [-0.3, -0.25) is 4.90 Å². The Bertz CT molecular complexity index is 877. The Morgan fingerprint density at radius 3 is 2.93 bits per heavy atom. The van der Waals surface area contributed by atoms with Gasteiger partial charge in [0.15, 0.2) is 0 Å². The maximum atomic E-state index is 6.02. The van der Waals surface area contributed by atoms with Gasteiger partial charge in [0.1, 0.15) is 17.9 Å². The fraction of sp³-hybridized carbons (Fsp3) is 0.421. The highest BCUT2D eigenvalue weighted by atomic mass is 16.5. The van der Waals surface area contributed by atoms with E-state index < -0.39 is 0 Å². The molecule has 1 aromatic carbocycles. The number of aryl methyl sites for hydroxylation is 1. The third kappa shape index (κ3) is 4.35. The molecular weight excluding hydrogens is 344 g/mol. The number of rotatable bonds is 7. The molecule has 4 rings (SSSR count). The van der Waals surface area contributed by atoms with Crippen LogP contribution in [0.3, 0.4) is 0 Å². The zero-order valence-electron chi connectivity index (χ0n) is 15.4. The molecular formula is C19H24N6O2. The SMILES string of the molecule is Cc1cc2c(Nc3ncc[nH]3)ncnc2cc1OCCCN1CCOCC1. The van der Waals surface area contributed by atoms with Crippen LogP contribution in [0.25, 0.3) is 10.9 Å². The summed E-state index contributed by atoms with van der Waals surface area (Å²) in [5.74, 6) is 2.24. The first kappa shape index (κ1) is 17.7. The lowest BCUT2D eigenvalue weighted by Gasteiger charge is -2.26. The van der Waals surface area contributed by atoms with E-state index in [4.69, 9.17) is 9.47 Å². The highest BCUT2D eigenvalue weighted by Crippen LogP contribution is 2.28. The fourth-order valence-corrected chi connectivity index (χ4v) is 3.19. The van der Waals surface area contributed by atoms with E-state index in [1.807, 2.05) is 13.0 Å². The fourth-order valence-electron chi connectivity index (χ4n) is 3.19. The topological polar surface area (TPSA) is 88.2 Å². The van der Waals surface area contributed by atoms with Gasteiger partial charge in [0.05, 0.1) is 25.3 Å². The number of aromatic nitrogens is 4. The van der Waals surface area contributed by atoms with Gasteiger partial charge in [0, 0.05) is 43.5 Å². The van der Waals surface area contributed by atoms with Gasteiger partial charge < -0.3 is 19.8 Å². The molecule has 0 atom stereocenters. The van der Waals surface area contributed by atoms with Crippen LogP contribution in [0.15, 0.2) is 30.9 Å². The van der Waals surface area contributed by atoms with Crippen molar-refractivity contribution < 1.29 is 9.47 Å². The van der Waals surface area contributed by atoms with Crippen molar-refractivity contribution in [1.29, 1.82) is 0 Å². The predicted octanol–water partition coefficient (Wildman–Crippen LogP) is 2.51. The summed E-state index contributed by atoms with van der Waals surface area (Å²) < 4.78 is 11.4. The van der Waals surface area contributed by atoms with Crippen LogP contribution in [-0.2, 0) is 4.74 Å². The number of nitrogens with one attached hydrogen (secondary N) is 2. The zero-order valence-corrected chi connectivity index (χ0v) is 15.4. The van der Waals surface area contributed by atoms with Crippen LogP contribution in [0.1, 0.15) is 12.0 Å². The zero-order chi connectivity index (χ0) is 18.5. The number of hydrogen-bond acceptors (Lipinski definition) is 7. The Labute approximate surface area is 157 Å². The smallest absolute Gasteiger partial charge is 0.205 e. The number of nitrogens with zero attached hydrogens (tertiary/aromatic N) is 4. The number of H-pyrrole nitrogens is 1. The molecule has 142 valence electrons. The average Bonchev–Trinajstić information content (AvgIpc) is 3.20. The number of morpholine rings is 1. The van der Waals surface area contributed by atoms with E-state index in [1.54, 1.807) is 18.7 Å². The van der Waals surface area contributed by atoms with Gasteiger partial charge in [-0.05, 0) is 25.0 Å². The number of fused-ring (bicyclic) bond motifs is 1. The van der Waals surface area contributed by atoms with Gasteiger partial charge in [-0.15, -0.1) is 0 Å². The summed E-state index contributed by atoms with van der Waals surface area (Å²) in [6.45, 7) is 7.45. The molecule has 1 saturated heterocycles.